The van der Waals surface area contributed by atoms with E-state index in [0.29, 0.717) is 0 Å². The second-order valence-electron chi connectivity index (χ2n) is 3.11. The average molecular weight is 161 g/mol. The summed E-state index contributed by atoms with van der Waals surface area (Å²) in [4.78, 5) is 1.72. The largest absolute Gasteiger partial charge is 0.396 e. The van der Waals surface area contributed by atoms with Crippen LogP contribution >= 0.6 is 0 Å². The molecule has 11 heavy (non-hydrogen) atoms. The maximum Gasteiger partial charge on any atom is 0.111 e. The Morgan fingerprint density at radius 3 is 2.18 bits per heavy atom. The van der Waals surface area contributed by atoms with Gasteiger partial charge in [0.05, 0.1) is 0 Å². The van der Waals surface area contributed by atoms with Crippen LogP contribution in [-0.4, -0.2) is 42.0 Å². The zero-order chi connectivity index (χ0) is 8.85. The Morgan fingerprint density at radius 1 is 1.36 bits per heavy atom. The molecule has 3 nitrogen and oxygen atoms in total. The van der Waals surface area contributed by atoms with E-state index in [0.717, 1.165) is 12.8 Å². The topological polar surface area (TPSA) is 43.7 Å². The number of aliphatic hydroxyl groups is 2. The fourth-order valence-corrected chi connectivity index (χ4v) is 1.13. The molecule has 0 rings (SSSR count). The van der Waals surface area contributed by atoms with Gasteiger partial charge in [-0.3, -0.25) is 4.90 Å². The highest BCUT2D eigenvalue weighted by Crippen LogP contribution is 2.11. The molecule has 3 heteroatoms. The number of hydrogen-bond donors (Lipinski definition) is 2. The van der Waals surface area contributed by atoms with Gasteiger partial charge in [0, 0.05) is 12.5 Å². The minimum absolute atomic E-state index is 0.00463. The molecule has 0 radical (unpaired) electrons. The van der Waals surface area contributed by atoms with Gasteiger partial charge in [-0.25, -0.2) is 0 Å². The van der Waals surface area contributed by atoms with Gasteiger partial charge in [0.25, 0.3) is 0 Å². The van der Waals surface area contributed by atoms with Gasteiger partial charge < -0.3 is 10.2 Å². The van der Waals surface area contributed by atoms with Crippen molar-refractivity contribution in [2.24, 2.45) is 5.92 Å². The summed E-state index contributed by atoms with van der Waals surface area (Å²) in [5.74, 6) is -0.00463. The van der Waals surface area contributed by atoms with Crippen molar-refractivity contribution in [2.75, 3.05) is 20.7 Å². The molecule has 0 fully saturated rings. The molecule has 0 heterocycles. The first-order valence-corrected chi connectivity index (χ1v) is 4.08. The maximum atomic E-state index is 9.48. The van der Waals surface area contributed by atoms with E-state index < -0.39 is 6.23 Å². The fourth-order valence-electron chi connectivity index (χ4n) is 1.13. The predicted molar refractivity (Wildman–Crippen MR) is 45.2 cm³/mol. The lowest BCUT2D eigenvalue weighted by Crippen LogP contribution is -2.36. The predicted octanol–water partition coefficient (Wildman–Crippen LogP) is 0.275. The maximum absolute atomic E-state index is 9.48. The zero-order valence-electron chi connectivity index (χ0n) is 7.62. The van der Waals surface area contributed by atoms with Crippen LogP contribution in [0, 0.1) is 5.92 Å². The minimum atomic E-state index is -0.514. The van der Waals surface area contributed by atoms with Crippen LogP contribution in [0.25, 0.3) is 0 Å². The van der Waals surface area contributed by atoms with Crippen molar-refractivity contribution in [3.63, 3.8) is 0 Å². The summed E-state index contributed by atoms with van der Waals surface area (Å²) in [7, 11) is 3.62. The second kappa shape index (κ2) is 5.52. The summed E-state index contributed by atoms with van der Waals surface area (Å²) in [6.07, 6.45) is 1.35. The van der Waals surface area contributed by atoms with Crippen LogP contribution in [0.5, 0.6) is 0 Å². The number of hydrogen-bond acceptors (Lipinski definition) is 3. The van der Waals surface area contributed by atoms with Crippen LogP contribution in [0.2, 0.25) is 0 Å². The molecule has 0 bridgehead atoms. The fraction of sp³-hybridized carbons (Fsp3) is 1.00. The second-order valence-corrected chi connectivity index (χ2v) is 3.11. The van der Waals surface area contributed by atoms with E-state index in [1.54, 1.807) is 4.90 Å². The summed E-state index contributed by atoms with van der Waals surface area (Å²) in [6, 6.07) is 0. The van der Waals surface area contributed by atoms with Crippen molar-refractivity contribution in [3.05, 3.63) is 0 Å². The van der Waals surface area contributed by atoms with Gasteiger partial charge in [-0.1, -0.05) is 13.3 Å². The SMILES string of the molecule is CCCC(CO)C(O)N(C)C. The Kier molecular flexibility index (Phi) is 5.46. The highest BCUT2D eigenvalue weighted by Gasteiger charge is 2.18. The molecule has 0 aromatic rings. The molecule has 0 aliphatic heterocycles. The first-order valence-electron chi connectivity index (χ1n) is 4.08. The van der Waals surface area contributed by atoms with E-state index in [1.807, 2.05) is 21.0 Å². The molecule has 0 spiro atoms. The number of rotatable bonds is 5. The smallest absolute Gasteiger partial charge is 0.111 e. The summed E-state index contributed by atoms with van der Waals surface area (Å²) in [5.41, 5.74) is 0. The van der Waals surface area contributed by atoms with Gasteiger partial charge in [-0.15, -0.1) is 0 Å². The Morgan fingerprint density at radius 2 is 1.91 bits per heavy atom. The van der Waals surface area contributed by atoms with Crippen molar-refractivity contribution in [3.8, 4) is 0 Å². The third-order valence-corrected chi connectivity index (χ3v) is 1.84. The molecule has 0 aliphatic carbocycles. The molecule has 0 aliphatic rings. The molecule has 2 N–H and O–H groups in total. The van der Waals surface area contributed by atoms with Crippen LogP contribution in [0.1, 0.15) is 19.8 Å². The summed E-state index contributed by atoms with van der Waals surface area (Å²) >= 11 is 0. The van der Waals surface area contributed by atoms with Crippen LogP contribution in [0.15, 0.2) is 0 Å². The van der Waals surface area contributed by atoms with Gasteiger partial charge >= 0.3 is 0 Å². The third kappa shape index (κ3) is 3.70. The summed E-state index contributed by atoms with van der Waals surface area (Å²) in [6.45, 7) is 2.11. The normalized spacial score (nSPS) is 16.9. The van der Waals surface area contributed by atoms with E-state index >= 15 is 0 Å². The average Bonchev–Trinajstić information content (AvgIpc) is 1.98. The Balaban J connectivity index is 3.81. The molecule has 0 aromatic carbocycles. The van der Waals surface area contributed by atoms with Crippen molar-refractivity contribution >= 4 is 0 Å². The van der Waals surface area contributed by atoms with E-state index in [1.165, 1.54) is 0 Å². The van der Waals surface area contributed by atoms with Gasteiger partial charge in [0.15, 0.2) is 0 Å². The molecule has 0 saturated carbocycles. The van der Waals surface area contributed by atoms with E-state index in [-0.39, 0.29) is 12.5 Å². The lowest BCUT2D eigenvalue weighted by molar-refractivity contribution is -0.0324. The number of nitrogens with zero attached hydrogens (tertiary/aromatic N) is 1. The quantitative estimate of drug-likeness (QED) is 0.569. The lowest BCUT2D eigenvalue weighted by Gasteiger charge is -2.25. The van der Waals surface area contributed by atoms with Crippen molar-refractivity contribution in [2.45, 2.75) is 26.0 Å². The Bertz CT molecular complexity index is 96.1. The lowest BCUT2D eigenvalue weighted by atomic mass is 10.0. The van der Waals surface area contributed by atoms with Crippen LogP contribution in [0.4, 0.5) is 0 Å². The van der Waals surface area contributed by atoms with E-state index in [4.69, 9.17) is 5.11 Å². The van der Waals surface area contributed by atoms with E-state index in [2.05, 4.69) is 0 Å². The minimum Gasteiger partial charge on any atom is -0.396 e. The Hall–Kier alpha value is -0.120. The van der Waals surface area contributed by atoms with Gasteiger partial charge in [-0.05, 0) is 20.5 Å². The van der Waals surface area contributed by atoms with Crippen molar-refractivity contribution in [1.82, 2.24) is 4.90 Å². The van der Waals surface area contributed by atoms with E-state index in [9.17, 15) is 5.11 Å². The zero-order valence-corrected chi connectivity index (χ0v) is 7.62. The molecule has 0 aromatic heterocycles. The van der Waals surface area contributed by atoms with Gasteiger partial charge in [0.1, 0.15) is 6.23 Å². The molecule has 0 amide bonds. The molecular weight excluding hydrogens is 142 g/mol. The summed E-state index contributed by atoms with van der Waals surface area (Å²) < 4.78 is 0. The van der Waals surface area contributed by atoms with Gasteiger partial charge in [-0.2, -0.15) is 0 Å². The highest BCUT2D eigenvalue weighted by molar-refractivity contribution is 4.64. The molecule has 2 unspecified atom stereocenters. The molecule has 68 valence electrons. The molecular formula is C8H19NO2. The highest BCUT2D eigenvalue weighted by atomic mass is 16.3. The van der Waals surface area contributed by atoms with Crippen molar-refractivity contribution in [1.29, 1.82) is 0 Å². The monoisotopic (exact) mass is 161 g/mol. The van der Waals surface area contributed by atoms with Crippen LogP contribution in [-0.2, 0) is 0 Å². The first kappa shape index (κ1) is 10.9. The number of aliphatic hydroxyl groups excluding tert-OH is 2. The van der Waals surface area contributed by atoms with Crippen LogP contribution < -0.4 is 0 Å². The molecule has 0 saturated heterocycles. The van der Waals surface area contributed by atoms with Crippen molar-refractivity contribution < 1.29 is 10.2 Å². The van der Waals surface area contributed by atoms with Gasteiger partial charge in [0.2, 0.25) is 0 Å². The third-order valence-electron chi connectivity index (χ3n) is 1.84. The molecule has 2 atom stereocenters. The van der Waals surface area contributed by atoms with Crippen LogP contribution in [0.3, 0.4) is 0 Å². The summed E-state index contributed by atoms with van der Waals surface area (Å²) in [5, 5.41) is 18.4. The standard InChI is InChI=1S/C8H19NO2/c1-4-5-7(6-10)8(11)9(2)3/h7-8,10-11H,4-6H2,1-3H3. The Labute approximate surface area is 68.6 Å². The first-order chi connectivity index (χ1) is 5.13.